The molecule has 0 aliphatic carbocycles. The molecule has 0 bridgehead atoms. The summed E-state index contributed by atoms with van der Waals surface area (Å²) in [6, 6.07) is 18.1. The third-order valence-corrected chi connectivity index (χ3v) is 6.92. The first-order chi connectivity index (χ1) is 15.5. The molecule has 2 aliphatic heterocycles. The molecule has 2 saturated heterocycles. The monoisotopic (exact) mass is 435 g/mol. The number of benzene rings is 2. The van der Waals surface area contributed by atoms with E-state index < -0.39 is 5.41 Å². The number of ether oxygens (including phenoxy) is 1. The highest BCUT2D eigenvalue weighted by Crippen LogP contribution is 2.37. The maximum Gasteiger partial charge on any atom is 0.238 e. The summed E-state index contributed by atoms with van der Waals surface area (Å²) in [5.41, 5.74) is 2.82. The van der Waals surface area contributed by atoms with Crippen molar-refractivity contribution in [3.05, 3.63) is 71.3 Å². The van der Waals surface area contributed by atoms with Crippen LogP contribution in [0.1, 0.15) is 29.5 Å². The summed E-state index contributed by atoms with van der Waals surface area (Å²) in [6.07, 6.45) is 1.34. The number of nitrogens with zero attached hydrogens (tertiary/aromatic N) is 2. The predicted molar refractivity (Wildman–Crippen MR) is 124 cm³/mol. The minimum absolute atomic E-state index is 0.0465. The van der Waals surface area contributed by atoms with Crippen molar-refractivity contribution in [1.82, 2.24) is 15.1 Å². The molecule has 0 spiro atoms. The molecule has 0 unspecified atom stereocenters. The molecule has 170 valence electrons. The SMILES string of the molecule is CNC(=O)[C@H]1CN(C(=O)C2(c3ccc(C)cc3)CCOCC2)CCN1Cc1ccccc1. The smallest absolute Gasteiger partial charge is 0.238 e. The quantitative estimate of drug-likeness (QED) is 0.784. The van der Waals surface area contributed by atoms with Crippen LogP contribution >= 0.6 is 0 Å². The van der Waals surface area contributed by atoms with Gasteiger partial charge < -0.3 is 15.0 Å². The molecule has 6 heteroatoms. The summed E-state index contributed by atoms with van der Waals surface area (Å²) in [5.74, 6) is 0.0766. The molecular formula is C26H33N3O3. The lowest BCUT2D eigenvalue weighted by atomic mass is 9.72. The van der Waals surface area contributed by atoms with Crippen molar-refractivity contribution in [1.29, 1.82) is 0 Å². The van der Waals surface area contributed by atoms with Crippen molar-refractivity contribution in [3.8, 4) is 0 Å². The minimum atomic E-state index is -0.583. The van der Waals surface area contributed by atoms with Gasteiger partial charge in [-0.15, -0.1) is 0 Å². The number of carbonyl (C=O) groups is 2. The fourth-order valence-corrected chi connectivity index (χ4v) is 4.95. The van der Waals surface area contributed by atoms with Gasteiger partial charge in [-0.3, -0.25) is 14.5 Å². The molecule has 1 atom stereocenters. The fourth-order valence-electron chi connectivity index (χ4n) is 4.95. The molecule has 0 aromatic heterocycles. The summed E-state index contributed by atoms with van der Waals surface area (Å²) in [7, 11) is 1.66. The van der Waals surface area contributed by atoms with Crippen LogP contribution in [0, 0.1) is 6.92 Å². The standard InChI is InChI=1S/C26H33N3O3/c1-20-8-10-22(11-9-20)26(12-16-32-17-13-26)25(31)29-15-14-28(23(19-29)24(30)27-2)18-21-6-4-3-5-7-21/h3-11,23H,12-19H2,1-2H3,(H,27,30)/t23-/m1/s1. The van der Waals surface area contributed by atoms with E-state index in [0.717, 1.165) is 5.56 Å². The number of likely N-dealkylation sites (N-methyl/N-ethyl adjacent to an activating group) is 1. The zero-order chi connectivity index (χ0) is 22.6. The Morgan fingerprint density at radius 3 is 2.38 bits per heavy atom. The van der Waals surface area contributed by atoms with Crippen LogP contribution < -0.4 is 5.32 Å². The number of hydrogen-bond donors (Lipinski definition) is 1. The van der Waals surface area contributed by atoms with E-state index in [2.05, 4.69) is 53.5 Å². The van der Waals surface area contributed by atoms with Crippen molar-refractivity contribution in [2.75, 3.05) is 39.9 Å². The molecule has 0 radical (unpaired) electrons. The molecule has 2 amide bonds. The number of aryl methyl sites for hydroxylation is 1. The second-order valence-electron chi connectivity index (χ2n) is 8.90. The molecule has 2 fully saturated rings. The summed E-state index contributed by atoms with van der Waals surface area (Å²) in [5, 5.41) is 2.80. The van der Waals surface area contributed by atoms with Crippen LogP contribution in [0.5, 0.6) is 0 Å². The Balaban J connectivity index is 1.57. The molecule has 2 aliphatic rings. The van der Waals surface area contributed by atoms with Crippen molar-refractivity contribution in [2.45, 2.75) is 37.8 Å². The predicted octanol–water partition coefficient (Wildman–Crippen LogP) is 2.50. The molecule has 32 heavy (non-hydrogen) atoms. The van der Waals surface area contributed by atoms with Gasteiger partial charge in [-0.25, -0.2) is 0 Å². The van der Waals surface area contributed by atoms with Gasteiger partial charge in [0.25, 0.3) is 0 Å². The number of hydrogen-bond acceptors (Lipinski definition) is 4. The molecule has 0 saturated carbocycles. The third-order valence-electron chi connectivity index (χ3n) is 6.92. The van der Waals surface area contributed by atoms with Gasteiger partial charge >= 0.3 is 0 Å². The van der Waals surface area contributed by atoms with Crippen molar-refractivity contribution < 1.29 is 14.3 Å². The van der Waals surface area contributed by atoms with Crippen LogP contribution in [0.2, 0.25) is 0 Å². The van der Waals surface area contributed by atoms with Crippen molar-refractivity contribution in [2.24, 2.45) is 0 Å². The first kappa shape index (κ1) is 22.5. The van der Waals surface area contributed by atoms with E-state index in [1.807, 2.05) is 23.1 Å². The average Bonchev–Trinajstić information content (AvgIpc) is 2.85. The summed E-state index contributed by atoms with van der Waals surface area (Å²) in [6.45, 7) is 5.59. The van der Waals surface area contributed by atoms with Gasteiger partial charge in [0.1, 0.15) is 6.04 Å². The van der Waals surface area contributed by atoms with Gasteiger partial charge in [-0.05, 0) is 30.9 Å². The zero-order valence-corrected chi connectivity index (χ0v) is 19.0. The molecule has 2 aromatic rings. The van der Waals surface area contributed by atoms with E-state index in [1.165, 1.54) is 11.1 Å². The highest BCUT2D eigenvalue weighted by atomic mass is 16.5. The lowest BCUT2D eigenvalue weighted by molar-refractivity contribution is -0.146. The van der Waals surface area contributed by atoms with Crippen LogP contribution in [-0.2, 0) is 26.3 Å². The lowest BCUT2D eigenvalue weighted by Crippen LogP contribution is -2.62. The van der Waals surface area contributed by atoms with Gasteiger partial charge in [-0.2, -0.15) is 0 Å². The Morgan fingerprint density at radius 1 is 1.03 bits per heavy atom. The van der Waals surface area contributed by atoms with Crippen molar-refractivity contribution in [3.63, 3.8) is 0 Å². The summed E-state index contributed by atoms with van der Waals surface area (Å²) in [4.78, 5) is 30.9. The highest BCUT2D eigenvalue weighted by molar-refractivity contribution is 5.90. The van der Waals surface area contributed by atoms with Crippen molar-refractivity contribution >= 4 is 11.8 Å². The Morgan fingerprint density at radius 2 is 1.72 bits per heavy atom. The number of piperazine rings is 1. The lowest BCUT2D eigenvalue weighted by Gasteiger charge is -2.45. The average molecular weight is 436 g/mol. The molecular weight excluding hydrogens is 402 g/mol. The largest absolute Gasteiger partial charge is 0.381 e. The van der Waals surface area contributed by atoms with E-state index in [0.29, 0.717) is 52.2 Å². The van der Waals surface area contributed by atoms with Crippen LogP contribution in [0.25, 0.3) is 0 Å². The third kappa shape index (κ3) is 4.57. The van der Waals surface area contributed by atoms with Gasteiger partial charge in [0, 0.05) is 46.4 Å². The summed E-state index contributed by atoms with van der Waals surface area (Å²) < 4.78 is 5.62. The second-order valence-corrected chi connectivity index (χ2v) is 8.90. The number of rotatable bonds is 5. The van der Waals surface area contributed by atoms with E-state index in [9.17, 15) is 9.59 Å². The highest BCUT2D eigenvalue weighted by Gasteiger charge is 2.46. The molecule has 1 N–H and O–H groups in total. The Hall–Kier alpha value is -2.70. The maximum atomic E-state index is 14.0. The van der Waals surface area contributed by atoms with Gasteiger partial charge in [-0.1, -0.05) is 60.2 Å². The summed E-state index contributed by atoms with van der Waals surface area (Å²) >= 11 is 0. The van der Waals surface area contributed by atoms with E-state index >= 15 is 0 Å². The van der Waals surface area contributed by atoms with Crippen LogP contribution in [0.4, 0.5) is 0 Å². The van der Waals surface area contributed by atoms with E-state index in [-0.39, 0.29) is 17.9 Å². The molecule has 6 nitrogen and oxygen atoms in total. The first-order valence-electron chi connectivity index (χ1n) is 11.5. The molecule has 4 rings (SSSR count). The van der Waals surface area contributed by atoms with Crippen LogP contribution in [0.15, 0.2) is 54.6 Å². The molecule has 2 aromatic carbocycles. The Kier molecular flexibility index (Phi) is 6.92. The Bertz CT molecular complexity index is 923. The normalized spacial score (nSPS) is 21.2. The Labute approximate surface area is 190 Å². The minimum Gasteiger partial charge on any atom is -0.381 e. The fraction of sp³-hybridized carbons (Fsp3) is 0.462. The number of amides is 2. The van der Waals surface area contributed by atoms with Crippen LogP contribution in [0.3, 0.4) is 0 Å². The maximum absolute atomic E-state index is 14.0. The number of nitrogens with one attached hydrogen (secondary N) is 1. The van der Waals surface area contributed by atoms with Gasteiger partial charge in [0.05, 0.1) is 5.41 Å². The van der Waals surface area contributed by atoms with Gasteiger partial charge in [0.15, 0.2) is 0 Å². The number of carbonyl (C=O) groups excluding carboxylic acids is 2. The van der Waals surface area contributed by atoms with Gasteiger partial charge in [0.2, 0.25) is 11.8 Å². The van der Waals surface area contributed by atoms with Crippen LogP contribution in [-0.4, -0.2) is 67.6 Å². The molecule has 2 heterocycles. The first-order valence-corrected chi connectivity index (χ1v) is 11.5. The van der Waals surface area contributed by atoms with E-state index in [1.54, 1.807) is 7.05 Å². The second kappa shape index (κ2) is 9.84. The topological polar surface area (TPSA) is 61.9 Å². The van der Waals surface area contributed by atoms with E-state index in [4.69, 9.17) is 4.74 Å². The zero-order valence-electron chi connectivity index (χ0n) is 19.0.